The highest BCUT2D eigenvalue weighted by Gasteiger charge is 2.43. The van der Waals surface area contributed by atoms with E-state index in [1.165, 1.54) is 24.2 Å². The van der Waals surface area contributed by atoms with Crippen molar-refractivity contribution >= 4 is 35.3 Å². The predicted molar refractivity (Wildman–Crippen MR) is 151 cm³/mol. The molecular formula is C28H40N6O6. The van der Waals surface area contributed by atoms with E-state index < -0.39 is 36.0 Å². The molecule has 1 aromatic rings. The number of carbonyl (C=O) groups excluding carboxylic acids is 5. The number of hydrogen-bond acceptors (Lipinski definition) is 6. The number of ether oxygens (including phenoxy) is 1. The predicted octanol–water partition coefficient (Wildman–Crippen LogP) is 1.59. The molecule has 0 bridgehead atoms. The van der Waals surface area contributed by atoms with Crippen molar-refractivity contribution in [3.63, 3.8) is 0 Å². The first-order valence-corrected chi connectivity index (χ1v) is 13.1. The molecule has 0 aromatic heterocycles. The number of nitrogens with zero attached hydrogens (tertiary/aromatic N) is 1. The lowest BCUT2D eigenvalue weighted by Gasteiger charge is -2.28. The van der Waals surface area contributed by atoms with Gasteiger partial charge in [0, 0.05) is 37.0 Å². The van der Waals surface area contributed by atoms with E-state index in [1.807, 2.05) is 0 Å². The number of allylic oxidation sites excluding steroid dienone is 2. The Morgan fingerprint density at radius 2 is 1.80 bits per heavy atom. The largest absolute Gasteiger partial charge is 0.497 e. The summed E-state index contributed by atoms with van der Waals surface area (Å²) in [6.07, 6.45) is 3.76. The second-order valence-electron chi connectivity index (χ2n) is 10.0. The minimum absolute atomic E-state index is 0.180. The van der Waals surface area contributed by atoms with Gasteiger partial charge >= 0.3 is 6.03 Å². The molecule has 0 unspecified atom stereocenters. The molecule has 1 heterocycles. The fourth-order valence-corrected chi connectivity index (χ4v) is 4.25. The number of nitrogens with one attached hydrogen (secondary N) is 4. The number of primary amides is 1. The van der Waals surface area contributed by atoms with Crippen LogP contribution in [0.15, 0.2) is 47.6 Å². The van der Waals surface area contributed by atoms with Crippen LogP contribution < -0.4 is 31.7 Å². The van der Waals surface area contributed by atoms with Gasteiger partial charge in [-0.2, -0.15) is 0 Å². The topological polar surface area (TPSA) is 172 Å². The van der Waals surface area contributed by atoms with Crippen LogP contribution in [0.25, 0.3) is 0 Å². The summed E-state index contributed by atoms with van der Waals surface area (Å²) in [7, 11) is 1.51. The van der Waals surface area contributed by atoms with Crippen LogP contribution in [-0.2, 0) is 19.2 Å². The standard InChI is InChI=1S/C28H40N6O6/c1-17(2)14-23(35)30-12-7-10-22(26(29)37)32-27(38)25-21(11-13-34(25)24(36)15-18(3)4)33-28(39)31-19-8-6-9-20(16-19)40-5/h6,8-9,14-16,21-22,25H,7,10-13H2,1-5H3,(H2,29,37)(H,30,35)(H,32,38)(H2,31,33,39)/t21-,22-,25-/m0/s1. The van der Waals surface area contributed by atoms with Crippen LogP contribution in [-0.4, -0.2) is 72.9 Å². The number of carbonyl (C=O) groups is 5. The van der Waals surface area contributed by atoms with Gasteiger partial charge in [0.05, 0.1) is 13.2 Å². The van der Waals surface area contributed by atoms with Crippen LogP contribution in [0, 0.1) is 0 Å². The fourth-order valence-electron chi connectivity index (χ4n) is 4.25. The van der Waals surface area contributed by atoms with Gasteiger partial charge in [-0.3, -0.25) is 19.2 Å². The summed E-state index contributed by atoms with van der Waals surface area (Å²) in [4.78, 5) is 64.5. The maximum absolute atomic E-state index is 13.5. The molecule has 3 atom stereocenters. The van der Waals surface area contributed by atoms with Gasteiger partial charge in [0.15, 0.2) is 0 Å². The number of likely N-dealkylation sites (tertiary alicyclic amines) is 1. The Morgan fingerprint density at radius 1 is 1.10 bits per heavy atom. The number of urea groups is 1. The minimum Gasteiger partial charge on any atom is -0.497 e. The molecule has 2 rings (SSSR count). The Kier molecular flexibility index (Phi) is 12.2. The summed E-state index contributed by atoms with van der Waals surface area (Å²) >= 11 is 0. The highest BCUT2D eigenvalue weighted by atomic mass is 16.5. The molecule has 6 N–H and O–H groups in total. The average molecular weight is 557 g/mol. The van der Waals surface area contributed by atoms with Crippen molar-refractivity contribution in [2.24, 2.45) is 5.73 Å². The average Bonchev–Trinajstić information content (AvgIpc) is 3.28. The molecule has 1 fully saturated rings. The second-order valence-corrected chi connectivity index (χ2v) is 10.0. The van der Waals surface area contributed by atoms with Crippen molar-refractivity contribution in [1.82, 2.24) is 20.9 Å². The van der Waals surface area contributed by atoms with Gasteiger partial charge in [-0.1, -0.05) is 17.2 Å². The van der Waals surface area contributed by atoms with Crippen molar-refractivity contribution in [3.05, 3.63) is 47.6 Å². The first kappa shape index (κ1) is 31.9. The molecule has 0 saturated carbocycles. The molecule has 0 aliphatic carbocycles. The highest BCUT2D eigenvalue weighted by molar-refractivity contribution is 5.97. The summed E-state index contributed by atoms with van der Waals surface area (Å²) in [6, 6.07) is 3.39. The molecule has 1 aromatic carbocycles. The van der Waals surface area contributed by atoms with E-state index in [0.29, 0.717) is 24.3 Å². The van der Waals surface area contributed by atoms with Crippen LogP contribution in [0.5, 0.6) is 5.75 Å². The number of nitrogens with two attached hydrogens (primary N) is 1. The third kappa shape index (κ3) is 10.1. The SMILES string of the molecule is COc1cccc(NC(=O)N[C@H]2CCN(C(=O)C=C(C)C)[C@@H]2C(=O)N[C@@H](CCCNC(=O)C=C(C)C)C(N)=O)c1. The lowest BCUT2D eigenvalue weighted by molar-refractivity contribution is -0.137. The molecule has 40 heavy (non-hydrogen) atoms. The first-order valence-electron chi connectivity index (χ1n) is 13.1. The van der Waals surface area contributed by atoms with Gasteiger partial charge in [-0.05, 0) is 59.1 Å². The smallest absolute Gasteiger partial charge is 0.319 e. The summed E-state index contributed by atoms with van der Waals surface area (Å²) in [5.74, 6) is -1.43. The molecule has 218 valence electrons. The zero-order chi connectivity index (χ0) is 29.8. The first-order chi connectivity index (χ1) is 18.9. The molecule has 1 aliphatic heterocycles. The molecule has 1 saturated heterocycles. The minimum atomic E-state index is -1.07. The van der Waals surface area contributed by atoms with Crippen LogP contribution >= 0.6 is 0 Å². The van der Waals surface area contributed by atoms with Crippen LogP contribution in [0.2, 0.25) is 0 Å². The summed E-state index contributed by atoms with van der Waals surface area (Å²) < 4.78 is 5.17. The maximum atomic E-state index is 13.5. The monoisotopic (exact) mass is 556 g/mol. The van der Waals surface area contributed by atoms with Gasteiger partial charge in [-0.25, -0.2) is 4.79 Å². The fraction of sp³-hybridized carbons (Fsp3) is 0.464. The zero-order valence-corrected chi connectivity index (χ0v) is 23.7. The zero-order valence-electron chi connectivity index (χ0n) is 23.7. The summed E-state index contributed by atoms with van der Waals surface area (Å²) in [5, 5.41) is 10.8. The Bertz CT molecular complexity index is 1160. The van der Waals surface area contributed by atoms with E-state index in [0.717, 1.165) is 11.1 Å². The Labute approximate surface area is 234 Å². The van der Waals surface area contributed by atoms with E-state index >= 15 is 0 Å². The van der Waals surface area contributed by atoms with Gasteiger partial charge in [0.2, 0.25) is 23.6 Å². The molecule has 12 nitrogen and oxygen atoms in total. The number of amides is 6. The van der Waals surface area contributed by atoms with Gasteiger partial charge in [0.1, 0.15) is 17.8 Å². The van der Waals surface area contributed by atoms with Crippen molar-refractivity contribution in [3.8, 4) is 5.75 Å². The van der Waals surface area contributed by atoms with Crippen LogP contribution in [0.1, 0.15) is 47.0 Å². The number of methoxy groups -OCH3 is 1. The number of anilines is 1. The molecule has 6 amide bonds. The quantitative estimate of drug-likeness (QED) is 0.193. The second kappa shape index (κ2) is 15.3. The van der Waals surface area contributed by atoms with Crippen molar-refractivity contribution in [2.75, 3.05) is 25.5 Å². The molecule has 0 radical (unpaired) electrons. The van der Waals surface area contributed by atoms with Gasteiger partial charge < -0.3 is 36.6 Å². The highest BCUT2D eigenvalue weighted by Crippen LogP contribution is 2.21. The molecule has 1 aliphatic rings. The van der Waals surface area contributed by atoms with E-state index in [4.69, 9.17) is 10.5 Å². The van der Waals surface area contributed by atoms with Gasteiger partial charge in [0.25, 0.3) is 0 Å². The third-order valence-corrected chi connectivity index (χ3v) is 6.05. The van der Waals surface area contributed by atoms with E-state index in [2.05, 4.69) is 21.3 Å². The molecular weight excluding hydrogens is 516 g/mol. The lowest BCUT2D eigenvalue weighted by Crippen LogP contribution is -2.58. The summed E-state index contributed by atoms with van der Waals surface area (Å²) in [5.41, 5.74) is 7.63. The van der Waals surface area contributed by atoms with Crippen molar-refractivity contribution in [1.29, 1.82) is 0 Å². The number of hydrogen-bond donors (Lipinski definition) is 5. The molecule has 0 spiro atoms. The number of benzene rings is 1. The van der Waals surface area contributed by atoms with Gasteiger partial charge in [-0.15, -0.1) is 0 Å². The normalized spacial score (nSPS) is 16.7. The Balaban J connectivity index is 2.13. The van der Waals surface area contributed by atoms with E-state index in [1.54, 1.807) is 52.0 Å². The molecule has 12 heteroatoms. The Morgan fingerprint density at radius 3 is 2.42 bits per heavy atom. The summed E-state index contributed by atoms with van der Waals surface area (Å²) in [6.45, 7) is 7.64. The third-order valence-electron chi connectivity index (χ3n) is 6.05. The van der Waals surface area contributed by atoms with Crippen molar-refractivity contribution < 1.29 is 28.7 Å². The number of rotatable bonds is 12. The van der Waals surface area contributed by atoms with Crippen LogP contribution in [0.4, 0.5) is 10.5 Å². The van der Waals surface area contributed by atoms with Crippen molar-refractivity contribution in [2.45, 2.75) is 65.1 Å². The van der Waals surface area contributed by atoms with E-state index in [-0.39, 0.29) is 31.3 Å². The Hall–Kier alpha value is -4.35. The lowest BCUT2D eigenvalue weighted by atomic mass is 10.1. The maximum Gasteiger partial charge on any atom is 0.319 e. The van der Waals surface area contributed by atoms with Crippen LogP contribution in [0.3, 0.4) is 0 Å². The van der Waals surface area contributed by atoms with E-state index in [9.17, 15) is 24.0 Å².